The van der Waals surface area contributed by atoms with Gasteiger partial charge in [-0.15, -0.1) is 0 Å². The number of benzene rings is 3. The second kappa shape index (κ2) is 7.02. The first-order valence-corrected chi connectivity index (χ1v) is 9.63. The Morgan fingerprint density at radius 1 is 0.931 bits per heavy atom. The summed E-state index contributed by atoms with van der Waals surface area (Å²) < 4.78 is 0. The van der Waals surface area contributed by atoms with E-state index in [0.29, 0.717) is 6.54 Å². The van der Waals surface area contributed by atoms with Gasteiger partial charge in [0, 0.05) is 29.9 Å². The van der Waals surface area contributed by atoms with Gasteiger partial charge in [0.05, 0.1) is 22.8 Å². The second-order valence-corrected chi connectivity index (χ2v) is 7.27. The van der Waals surface area contributed by atoms with Gasteiger partial charge in [-0.2, -0.15) is 0 Å². The molecule has 4 aromatic rings. The van der Waals surface area contributed by atoms with Gasteiger partial charge in [0.25, 0.3) is 0 Å². The maximum Gasteiger partial charge on any atom is 0.229 e. The number of anilines is 2. The van der Waals surface area contributed by atoms with Crippen LogP contribution in [0.15, 0.2) is 79.0 Å². The van der Waals surface area contributed by atoms with Gasteiger partial charge >= 0.3 is 0 Å². The van der Waals surface area contributed by atoms with Crippen molar-refractivity contribution in [1.29, 1.82) is 0 Å². The van der Waals surface area contributed by atoms with Crippen molar-refractivity contribution in [3.05, 3.63) is 79.0 Å². The zero-order valence-electron chi connectivity index (χ0n) is 15.7. The largest absolute Gasteiger partial charge is 0.325 e. The van der Waals surface area contributed by atoms with Gasteiger partial charge in [0.2, 0.25) is 11.8 Å². The van der Waals surface area contributed by atoms with Crippen molar-refractivity contribution in [3.8, 4) is 0 Å². The van der Waals surface area contributed by atoms with Gasteiger partial charge in [-0.3, -0.25) is 14.6 Å². The molecule has 1 aliphatic rings. The van der Waals surface area contributed by atoms with Crippen LogP contribution in [-0.4, -0.2) is 23.3 Å². The maximum atomic E-state index is 12.9. The standard InChI is InChI=1S/C24H19N3O2/c28-23-14-17(15-27(23)22-12-3-7-16-6-1-2-8-18(16)22)24(29)26-21-11-4-10-20-19(21)9-5-13-25-20/h1-13,17H,14-15H2,(H,26,29). The Morgan fingerprint density at radius 3 is 2.66 bits per heavy atom. The minimum atomic E-state index is -0.395. The van der Waals surface area contributed by atoms with Gasteiger partial charge in [0.15, 0.2) is 0 Å². The van der Waals surface area contributed by atoms with E-state index in [4.69, 9.17) is 0 Å². The monoisotopic (exact) mass is 381 g/mol. The zero-order chi connectivity index (χ0) is 19.8. The molecule has 0 saturated carbocycles. The summed E-state index contributed by atoms with van der Waals surface area (Å²) in [4.78, 5) is 31.7. The Balaban J connectivity index is 1.40. The molecule has 2 heterocycles. The number of nitrogens with one attached hydrogen (secondary N) is 1. The molecule has 3 aromatic carbocycles. The predicted octanol–water partition coefficient (Wildman–Crippen LogP) is 4.38. The lowest BCUT2D eigenvalue weighted by Crippen LogP contribution is -2.28. The molecular formula is C24H19N3O2. The highest BCUT2D eigenvalue weighted by Gasteiger charge is 2.35. The molecule has 1 saturated heterocycles. The number of amides is 2. The van der Waals surface area contributed by atoms with Crippen molar-refractivity contribution >= 4 is 44.9 Å². The molecule has 29 heavy (non-hydrogen) atoms. The fourth-order valence-electron chi connectivity index (χ4n) is 4.01. The van der Waals surface area contributed by atoms with E-state index in [9.17, 15) is 9.59 Å². The highest BCUT2D eigenvalue weighted by atomic mass is 16.2. The summed E-state index contributed by atoms with van der Waals surface area (Å²) in [7, 11) is 0. The third-order valence-corrected chi connectivity index (χ3v) is 5.46. The summed E-state index contributed by atoms with van der Waals surface area (Å²) in [5.41, 5.74) is 2.40. The zero-order valence-corrected chi connectivity index (χ0v) is 15.7. The third kappa shape index (κ3) is 3.10. The fraction of sp³-hybridized carbons (Fsp3) is 0.125. The lowest BCUT2D eigenvalue weighted by molar-refractivity contribution is -0.122. The molecule has 2 amide bonds. The van der Waals surface area contributed by atoms with Crippen molar-refractivity contribution in [1.82, 2.24) is 4.98 Å². The molecule has 1 aliphatic heterocycles. The molecule has 0 aliphatic carbocycles. The van der Waals surface area contributed by atoms with Gasteiger partial charge in [-0.05, 0) is 35.7 Å². The minimum Gasteiger partial charge on any atom is -0.325 e. The number of nitrogens with zero attached hydrogens (tertiary/aromatic N) is 2. The van der Waals surface area contributed by atoms with E-state index in [1.165, 1.54) is 0 Å². The van der Waals surface area contributed by atoms with Crippen molar-refractivity contribution in [3.63, 3.8) is 0 Å². The van der Waals surface area contributed by atoms with E-state index in [1.807, 2.05) is 72.8 Å². The maximum absolute atomic E-state index is 12.9. The molecular weight excluding hydrogens is 362 g/mol. The fourth-order valence-corrected chi connectivity index (χ4v) is 4.01. The number of hydrogen-bond donors (Lipinski definition) is 1. The highest BCUT2D eigenvalue weighted by molar-refractivity contribution is 6.09. The average molecular weight is 381 g/mol. The molecule has 5 rings (SSSR count). The van der Waals surface area contributed by atoms with Crippen LogP contribution in [0.25, 0.3) is 21.7 Å². The van der Waals surface area contributed by atoms with E-state index in [0.717, 1.165) is 33.1 Å². The van der Waals surface area contributed by atoms with Crippen LogP contribution in [0.4, 0.5) is 11.4 Å². The first kappa shape index (κ1) is 17.4. The Hall–Kier alpha value is -3.73. The molecule has 1 atom stereocenters. The topological polar surface area (TPSA) is 62.3 Å². The Kier molecular flexibility index (Phi) is 4.21. The summed E-state index contributed by atoms with van der Waals surface area (Å²) in [5.74, 6) is -0.563. The number of aromatic nitrogens is 1. The lowest BCUT2D eigenvalue weighted by atomic mass is 10.1. The Bertz CT molecular complexity index is 1240. The predicted molar refractivity (Wildman–Crippen MR) is 115 cm³/mol. The van der Waals surface area contributed by atoms with Crippen LogP contribution in [0.5, 0.6) is 0 Å². The minimum absolute atomic E-state index is 0.0268. The number of hydrogen-bond acceptors (Lipinski definition) is 3. The van der Waals surface area contributed by atoms with E-state index >= 15 is 0 Å². The van der Waals surface area contributed by atoms with E-state index in [-0.39, 0.29) is 18.2 Å². The third-order valence-electron chi connectivity index (χ3n) is 5.46. The highest BCUT2D eigenvalue weighted by Crippen LogP contribution is 2.32. The SMILES string of the molecule is O=C(Nc1cccc2ncccc12)C1CC(=O)N(c2cccc3ccccc23)C1. The number of carbonyl (C=O) groups excluding carboxylic acids is 2. The van der Waals surface area contributed by atoms with Crippen LogP contribution in [0, 0.1) is 5.92 Å². The van der Waals surface area contributed by atoms with Crippen LogP contribution < -0.4 is 10.2 Å². The Labute approximate surface area is 168 Å². The van der Waals surface area contributed by atoms with Crippen LogP contribution in [0.1, 0.15) is 6.42 Å². The molecule has 5 nitrogen and oxygen atoms in total. The first-order valence-electron chi connectivity index (χ1n) is 9.63. The normalized spacial score (nSPS) is 16.5. The van der Waals surface area contributed by atoms with Crippen molar-refractivity contribution in [2.75, 3.05) is 16.8 Å². The molecule has 0 bridgehead atoms. The quantitative estimate of drug-likeness (QED) is 0.573. The average Bonchev–Trinajstić information content (AvgIpc) is 3.15. The van der Waals surface area contributed by atoms with Crippen molar-refractivity contribution in [2.24, 2.45) is 5.92 Å². The number of rotatable bonds is 3. The van der Waals surface area contributed by atoms with Crippen molar-refractivity contribution in [2.45, 2.75) is 6.42 Å². The van der Waals surface area contributed by atoms with Crippen LogP contribution in [-0.2, 0) is 9.59 Å². The summed E-state index contributed by atoms with van der Waals surface area (Å²) in [6.45, 7) is 0.377. The summed E-state index contributed by atoms with van der Waals surface area (Å²) in [6.07, 6.45) is 1.93. The van der Waals surface area contributed by atoms with Crippen molar-refractivity contribution < 1.29 is 9.59 Å². The molecule has 1 aromatic heterocycles. The number of pyridine rings is 1. The Morgan fingerprint density at radius 2 is 1.72 bits per heavy atom. The van der Waals surface area contributed by atoms with Gasteiger partial charge in [-0.25, -0.2) is 0 Å². The van der Waals surface area contributed by atoms with Gasteiger partial charge < -0.3 is 10.2 Å². The lowest BCUT2D eigenvalue weighted by Gasteiger charge is -2.19. The molecule has 5 heteroatoms. The summed E-state index contributed by atoms with van der Waals surface area (Å²) in [5, 5.41) is 5.98. The molecule has 142 valence electrons. The molecule has 1 N–H and O–H groups in total. The first-order chi connectivity index (χ1) is 14.2. The van der Waals surface area contributed by atoms with Gasteiger partial charge in [0.1, 0.15) is 0 Å². The number of carbonyl (C=O) groups is 2. The van der Waals surface area contributed by atoms with E-state index in [2.05, 4.69) is 10.3 Å². The summed E-state index contributed by atoms with van der Waals surface area (Å²) >= 11 is 0. The van der Waals surface area contributed by atoms with E-state index < -0.39 is 5.92 Å². The van der Waals surface area contributed by atoms with Crippen LogP contribution in [0.3, 0.4) is 0 Å². The van der Waals surface area contributed by atoms with Gasteiger partial charge in [-0.1, -0.05) is 42.5 Å². The van der Waals surface area contributed by atoms with E-state index in [1.54, 1.807) is 11.1 Å². The smallest absolute Gasteiger partial charge is 0.229 e. The molecule has 0 radical (unpaired) electrons. The molecule has 0 spiro atoms. The molecule has 1 fully saturated rings. The van der Waals surface area contributed by atoms with Crippen LogP contribution in [0.2, 0.25) is 0 Å². The molecule has 1 unspecified atom stereocenters. The second-order valence-electron chi connectivity index (χ2n) is 7.27. The van der Waals surface area contributed by atoms with Crippen LogP contribution >= 0.6 is 0 Å². The summed E-state index contributed by atoms with van der Waals surface area (Å²) in [6, 6.07) is 23.3. The number of fused-ring (bicyclic) bond motifs is 2.